The molecular formula is C17H18Cl2N4O6. The molecule has 10 nitrogen and oxygen atoms in total. The maximum absolute atomic E-state index is 12.6. The van der Waals surface area contributed by atoms with Gasteiger partial charge in [0.1, 0.15) is 16.7 Å². The fourth-order valence-electron chi connectivity index (χ4n) is 2.86. The predicted molar refractivity (Wildman–Crippen MR) is 105 cm³/mol. The Balaban J connectivity index is 2.86. The Morgan fingerprint density at radius 1 is 1.10 bits per heavy atom. The number of nitro groups is 1. The normalized spacial score (nSPS) is 14.5. The molecule has 0 spiro atoms. The van der Waals surface area contributed by atoms with Gasteiger partial charge in [-0.3, -0.25) is 10.1 Å². The molecule has 5 N–H and O–H groups in total. The molecule has 2 rings (SSSR count). The molecule has 0 fully saturated rings. The van der Waals surface area contributed by atoms with Gasteiger partial charge in [-0.25, -0.2) is 9.59 Å². The number of nitrogens with one attached hydrogen (secondary N) is 1. The van der Waals surface area contributed by atoms with Gasteiger partial charge in [-0.1, -0.05) is 23.2 Å². The summed E-state index contributed by atoms with van der Waals surface area (Å²) in [5, 5.41) is 13.4. The average molecular weight is 445 g/mol. The summed E-state index contributed by atoms with van der Waals surface area (Å²) in [6.07, 6.45) is 0. The van der Waals surface area contributed by atoms with Gasteiger partial charge in [0.25, 0.3) is 5.69 Å². The van der Waals surface area contributed by atoms with E-state index in [1.165, 1.54) is 6.07 Å². The van der Waals surface area contributed by atoms with Crippen molar-refractivity contribution >= 4 is 40.8 Å². The Bertz CT molecular complexity index is 904. The topological polar surface area (TPSA) is 160 Å². The van der Waals surface area contributed by atoms with E-state index in [0.29, 0.717) is 0 Å². The molecule has 156 valence electrons. The second-order valence-corrected chi connectivity index (χ2v) is 6.49. The zero-order valence-electron chi connectivity index (χ0n) is 15.5. The molecule has 1 aromatic carbocycles. The van der Waals surface area contributed by atoms with Crippen molar-refractivity contribution in [1.82, 2.24) is 5.32 Å². The number of carbonyl (C=O) groups excluding carboxylic acids is 2. The van der Waals surface area contributed by atoms with Crippen molar-refractivity contribution in [3.8, 4) is 0 Å². The van der Waals surface area contributed by atoms with Crippen LogP contribution in [0.3, 0.4) is 0 Å². The molecule has 0 atom stereocenters. The fraction of sp³-hybridized carbons (Fsp3) is 0.294. The number of hydrogen-bond donors (Lipinski definition) is 3. The lowest BCUT2D eigenvalue weighted by Crippen LogP contribution is -2.39. The predicted octanol–water partition coefficient (Wildman–Crippen LogP) is 2.06. The van der Waals surface area contributed by atoms with Crippen molar-refractivity contribution in [2.24, 2.45) is 11.5 Å². The van der Waals surface area contributed by atoms with E-state index in [-0.39, 0.29) is 51.6 Å². The fourth-order valence-corrected chi connectivity index (χ4v) is 3.52. The number of ether oxygens (including phenoxy) is 2. The summed E-state index contributed by atoms with van der Waals surface area (Å²) in [4.78, 5) is 35.9. The molecule has 0 saturated heterocycles. The summed E-state index contributed by atoms with van der Waals surface area (Å²) in [6, 6.07) is 2.32. The van der Waals surface area contributed by atoms with Crippen LogP contribution in [0.1, 0.15) is 25.3 Å². The van der Waals surface area contributed by atoms with Crippen molar-refractivity contribution in [2.45, 2.75) is 19.8 Å². The van der Waals surface area contributed by atoms with Gasteiger partial charge in [0.2, 0.25) is 0 Å². The number of carbonyl (C=O) groups is 2. The minimum atomic E-state index is -1.35. The minimum Gasteiger partial charge on any atom is -0.463 e. The van der Waals surface area contributed by atoms with Crippen molar-refractivity contribution < 1.29 is 24.0 Å². The molecule has 0 unspecified atom stereocenters. The van der Waals surface area contributed by atoms with E-state index in [1.54, 1.807) is 13.8 Å². The number of esters is 2. The molecule has 0 radical (unpaired) electrons. The Morgan fingerprint density at radius 3 is 2.00 bits per heavy atom. The Kier molecular flexibility index (Phi) is 6.93. The summed E-state index contributed by atoms with van der Waals surface area (Å²) >= 11 is 12.5. The first kappa shape index (κ1) is 22.3. The minimum absolute atomic E-state index is 0.00662. The second kappa shape index (κ2) is 9.01. The smallest absolute Gasteiger partial charge is 0.338 e. The van der Waals surface area contributed by atoms with E-state index >= 15 is 0 Å². The van der Waals surface area contributed by atoms with Crippen LogP contribution in [-0.4, -0.2) is 30.1 Å². The molecule has 0 aromatic heterocycles. The van der Waals surface area contributed by atoms with Crippen molar-refractivity contribution in [3.05, 3.63) is 60.6 Å². The molecule has 0 bridgehead atoms. The van der Waals surface area contributed by atoms with E-state index < -0.39 is 28.5 Å². The summed E-state index contributed by atoms with van der Waals surface area (Å²) in [5.74, 6) is -3.53. The van der Waals surface area contributed by atoms with Crippen molar-refractivity contribution in [3.63, 3.8) is 0 Å². The van der Waals surface area contributed by atoms with Gasteiger partial charge in [0, 0.05) is 16.7 Å². The van der Waals surface area contributed by atoms with Gasteiger partial charge in [-0.15, -0.1) is 0 Å². The third kappa shape index (κ3) is 4.22. The molecule has 1 heterocycles. The SMILES string of the molecule is CCOC(=O)C1=C(N)NC(N)=C(C(=O)OCC)C1c1c(Cl)ccc([N+](=O)[O-])c1Cl. The first-order valence-corrected chi connectivity index (χ1v) is 9.13. The maximum atomic E-state index is 12.6. The summed E-state index contributed by atoms with van der Waals surface area (Å²) in [5.41, 5.74) is 10.9. The number of benzene rings is 1. The van der Waals surface area contributed by atoms with Crippen LogP contribution in [0, 0.1) is 10.1 Å². The molecule has 1 aromatic rings. The van der Waals surface area contributed by atoms with Gasteiger partial charge in [0.05, 0.1) is 35.2 Å². The molecular weight excluding hydrogens is 427 g/mol. The number of halogens is 2. The number of nitro benzene ring substituents is 1. The molecule has 12 heteroatoms. The monoisotopic (exact) mass is 444 g/mol. The van der Waals surface area contributed by atoms with Gasteiger partial charge >= 0.3 is 11.9 Å². The summed E-state index contributed by atoms with van der Waals surface area (Å²) < 4.78 is 10.1. The van der Waals surface area contributed by atoms with Gasteiger partial charge in [-0.2, -0.15) is 0 Å². The van der Waals surface area contributed by atoms with Gasteiger partial charge in [-0.05, 0) is 19.9 Å². The van der Waals surface area contributed by atoms with Crippen LogP contribution in [-0.2, 0) is 19.1 Å². The Hall–Kier alpha value is -2.98. The highest BCUT2D eigenvalue weighted by molar-refractivity contribution is 6.37. The third-order valence-electron chi connectivity index (χ3n) is 4.01. The molecule has 0 amide bonds. The lowest BCUT2D eigenvalue weighted by Gasteiger charge is -2.30. The molecule has 0 aliphatic carbocycles. The third-order valence-corrected chi connectivity index (χ3v) is 4.74. The van der Waals surface area contributed by atoms with E-state index in [0.717, 1.165) is 6.07 Å². The van der Waals surface area contributed by atoms with Crippen LogP contribution in [0.25, 0.3) is 0 Å². The van der Waals surface area contributed by atoms with Crippen molar-refractivity contribution in [1.29, 1.82) is 0 Å². The quantitative estimate of drug-likeness (QED) is 0.338. The Labute approximate surface area is 175 Å². The van der Waals surface area contributed by atoms with Gasteiger partial charge in [0.15, 0.2) is 0 Å². The number of rotatable bonds is 6. The first-order valence-electron chi connectivity index (χ1n) is 8.38. The largest absolute Gasteiger partial charge is 0.463 e. The maximum Gasteiger partial charge on any atom is 0.338 e. The van der Waals surface area contributed by atoms with Crippen LogP contribution in [0.5, 0.6) is 0 Å². The molecule has 1 aliphatic rings. The van der Waals surface area contributed by atoms with Gasteiger partial charge < -0.3 is 26.3 Å². The zero-order valence-corrected chi connectivity index (χ0v) is 17.0. The molecule has 29 heavy (non-hydrogen) atoms. The van der Waals surface area contributed by atoms with Crippen LogP contribution < -0.4 is 16.8 Å². The Morgan fingerprint density at radius 2 is 1.59 bits per heavy atom. The van der Waals surface area contributed by atoms with E-state index in [9.17, 15) is 19.7 Å². The average Bonchev–Trinajstić information content (AvgIpc) is 2.61. The highest BCUT2D eigenvalue weighted by Crippen LogP contribution is 2.46. The highest BCUT2D eigenvalue weighted by atomic mass is 35.5. The summed E-state index contributed by atoms with van der Waals surface area (Å²) in [7, 11) is 0. The van der Waals surface area contributed by atoms with Crippen LogP contribution in [0.2, 0.25) is 10.0 Å². The number of nitrogens with two attached hydrogens (primary N) is 2. The van der Waals surface area contributed by atoms with Crippen molar-refractivity contribution in [2.75, 3.05) is 13.2 Å². The highest BCUT2D eigenvalue weighted by Gasteiger charge is 2.42. The van der Waals surface area contributed by atoms with E-state index in [1.807, 2.05) is 0 Å². The number of nitrogens with zero attached hydrogens (tertiary/aromatic N) is 1. The molecule has 0 saturated carbocycles. The van der Waals surface area contributed by atoms with E-state index in [2.05, 4.69) is 5.32 Å². The van der Waals surface area contributed by atoms with Crippen LogP contribution in [0.15, 0.2) is 34.9 Å². The van der Waals surface area contributed by atoms with E-state index in [4.69, 9.17) is 44.1 Å². The number of dihydropyridines is 1. The zero-order chi connectivity index (χ0) is 21.9. The second-order valence-electron chi connectivity index (χ2n) is 5.70. The van der Waals surface area contributed by atoms with Crippen LogP contribution >= 0.6 is 23.2 Å². The summed E-state index contributed by atoms with van der Waals surface area (Å²) in [6.45, 7) is 3.16. The lowest BCUT2D eigenvalue weighted by molar-refractivity contribution is -0.384. The standard InChI is InChI=1S/C17H18Cl2N4O6/c1-3-28-16(24)11-10(9-7(18)5-6-8(13(9)19)23(26)27)12(17(25)29-4-2)15(21)22-14(11)20/h5-6,10,22H,3-4,20-21H2,1-2H3. The molecule has 1 aliphatic heterocycles. The van der Waals surface area contributed by atoms with Crippen LogP contribution in [0.4, 0.5) is 5.69 Å². The number of hydrogen-bond acceptors (Lipinski definition) is 9. The first-order chi connectivity index (χ1) is 13.6. The lowest BCUT2D eigenvalue weighted by atomic mass is 9.82.